The molecule has 0 spiro atoms. The van der Waals surface area contributed by atoms with Gasteiger partial charge in [-0.1, -0.05) is 0 Å². The van der Waals surface area contributed by atoms with E-state index in [1.165, 1.54) is 41.9 Å². The number of hydrogen-bond acceptors (Lipinski definition) is 14. The topological polar surface area (TPSA) is 149 Å². The Bertz CT molecular complexity index is 2710. The summed E-state index contributed by atoms with van der Waals surface area (Å²) in [6.07, 6.45) is 1.46. The Hall–Kier alpha value is -6.96. The lowest BCUT2D eigenvalue weighted by atomic mass is 9.82. The highest BCUT2D eigenvalue weighted by molar-refractivity contribution is 6.23. The molecule has 2 aliphatic heterocycles. The first-order valence-corrected chi connectivity index (χ1v) is 19.8. The Morgan fingerprint density at radius 1 is 0.475 bits per heavy atom. The van der Waals surface area contributed by atoms with Crippen LogP contribution in [0.5, 0.6) is 46.0 Å². The maximum atomic E-state index is 12.6. The second-order valence-electron chi connectivity index (χ2n) is 15.2. The molecule has 0 amide bonds. The van der Waals surface area contributed by atoms with Crippen LogP contribution in [-0.2, 0) is 38.4 Å². The predicted octanol–water partition coefficient (Wildman–Crippen LogP) is 7.61. The second kappa shape index (κ2) is 15.6. The Balaban J connectivity index is 1.59. The number of ether oxygens (including phenoxy) is 8. The number of likely N-dealkylation sites (N-methyl/N-ethyl adjacent to an activating group) is 2. The van der Waals surface area contributed by atoms with Crippen molar-refractivity contribution >= 4 is 78.3 Å². The number of benzene rings is 6. The lowest BCUT2D eigenvalue weighted by Crippen LogP contribution is -2.28. The Kier molecular flexibility index (Phi) is 10.4. The Morgan fingerprint density at radius 3 is 1.16 bits per heavy atom. The van der Waals surface area contributed by atoms with Crippen molar-refractivity contribution in [3.05, 3.63) is 58.7 Å². The minimum Gasteiger partial charge on any atom is -0.492 e. The SMILES string of the molecule is COc1c(OC(C)=O)c(OC)c2c3c1CCN(C)c3c(Cc1c3c4c(c(OC)c(OC(C)=O)c(OC)c4c4ccc(OC(C)=O)cc14)CCN3C)c1cc(OC(C)=O)ccc12. The van der Waals surface area contributed by atoms with Crippen molar-refractivity contribution in [3.8, 4) is 46.0 Å². The maximum Gasteiger partial charge on any atom is 0.308 e. The maximum absolute atomic E-state index is 12.6. The highest BCUT2D eigenvalue weighted by atomic mass is 16.6. The fraction of sp³-hybridized carbons (Fsp3) is 0.319. The lowest BCUT2D eigenvalue weighted by Gasteiger charge is -2.36. The van der Waals surface area contributed by atoms with Gasteiger partial charge in [-0.05, 0) is 81.9 Å². The van der Waals surface area contributed by atoms with Crippen LogP contribution in [0.1, 0.15) is 49.9 Å². The summed E-state index contributed by atoms with van der Waals surface area (Å²) in [5.41, 5.74) is 5.26. The van der Waals surface area contributed by atoms with Gasteiger partial charge in [-0.3, -0.25) is 19.2 Å². The molecule has 0 unspecified atom stereocenters. The quantitative estimate of drug-likeness (QED) is 0.0757. The van der Waals surface area contributed by atoms with Gasteiger partial charge in [0.25, 0.3) is 0 Å². The number of carbonyl (C=O) groups is 4. The lowest BCUT2D eigenvalue weighted by molar-refractivity contribution is -0.133. The predicted molar refractivity (Wildman–Crippen MR) is 231 cm³/mol. The molecule has 0 bridgehead atoms. The van der Waals surface area contributed by atoms with Gasteiger partial charge in [-0.15, -0.1) is 0 Å². The Morgan fingerprint density at radius 2 is 0.836 bits per heavy atom. The van der Waals surface area contributed by atoms with Gasteiger partial charge in [0.05, 0.1) is 28.4 Å². The van der Waals surface area contributed by atoms with Gasteiger partial charge in [-0.2, -0.15) is 0 Å². The van der Waals surface area contributed by atoms with Crippen LogP contribution in [0.2, 0.25) is 0 Å². The third kappa shape index (κ3) is 6.57. The summed E-state index contributed by atoms with van der Waals surface area (Å²) in [5.74, 6) is 0.481. The van der Waals surface area contributed by atoms with Crippen molar-refractivity contribution in [2.24, 2.45) is 0 Å². The van der Waals surface area contributed by atoms with Crippen molar-refractivity contribution in [2.75, 3.05) is 65.4 Å². The van der Waals surface area contributed by atoms with Gasteiger partial charge < -0.3 is 47.7 Å². The number of fused-ring (bicyclic) bond motifs is 4. The summed E-state index contributed by atoms with van der Waals surface area (Å²) >= 11 is 0. The first-order valence-electron chi connectivity index (χ1n) is 19.8. The van der Waals surface area contributed by atoms with E-state index < -0.39 is 23.9 Å². The van der Waals surface area contributed by atoms with Gasteiger partial charge in [0.1, 0.15) is 11.5 Å². The zero-order valence-corrected chi connectivity index (χ0v) is 35.8. The molecule has 6 aromatic rings. The van der Waals surface area contributed by atoms with E-state index >= 15 is 0 Å². The molecule has 0 radical (unpaired) electrons. The highest BCUT2D eigenvalue weighted by Gasteiger charge is 2.36. The van der Waals surface area contributed by atoms with Crippen molar-refractivity contribution in [2.45, 2.75) is 47.0 Å². The third-order valence-electron chi connectivity index (χ3n) is 11.5. The van der Waals surface area contributed by atoms with Crippen LogP contribution < -0.4 is 47.7 Å². The van der Waals surface area contributed by atoms with Gasteiger partial charge >= 0.3 is 23.9 Å². The van der Waals surface area contributed by atoms with Crippen molar-refractivity contribution in [1.29, 1.82) is 0 Å². The molecule has 6 aromatic carbocycles. The Labute approximate surface area is 351 Å². The second-order valence-corrected chi connectivity index (χ2v) is 15.2. The van der Waals surface area contributed by atoms with E-state index in [0.29, 0.717) is 77.6 Å². The molecule has 61 heavy (non-hydrogen) atoms. The van der Waals surface area contributed by atoms with Crippen molar-refractivity contribution in [1.82, 2.24) is 0 Å². The first kappa shape index (κ1) is 40.8. The van der Waals surface area contributed by atoms with Gasteiger partial charge in [-0.25, -0.2) is 0 Å². The highest BCUT2D eigenvalue weighted by Crippen LogP contribution is 2.58. The smallest absolute Gasteiger partial charge is 0.308 e. The van der Waals surface area contributed by atoms with Gasteiger partial charge in [0.15, 0.2) is 23.0 Å². The summed E-state index contributed by atoms with van der Waals surface area (Å²) in [6, 6.07) is 10.9. The van der Waals surface area contributed by atoms with E-state index in [-0.39, 0.29) is 11.5 Å². The number of esters is 4. The largest absolute Gasteiger partial charge is 0.492 e. The minimum atomic E-state index is -0.531. The number of nitrogens with zero attached hydrogens (tertiary/aromatic N) is 2. The molecule has 14 heteroatoms. The van der Waals surface area contributed by atoms with Crippen LogP contribution in [0, 0.1) is 0 Å². The molecule has 8 rings (SSSR count). The van der Waals surface area contributed by atoms with E-state index in [9.17, 15) is 19.2 Å². The normalized spacial score (nSPS) is 13.1. The standard InChI is InChI=1S/C47H46N2O12/c1-22(50)58-26-11-13-28-32(19-26)34(40-36-30(15-17-48(40)5)42(54-7)46(60-24(3)52)44(56-9)38(28)36)21-35-33-20-27(59-23(2)51)12-14-29(33)39-37-31(16-18-49(6)41(35)37)43(55-8)47(45(39)57-10)61-25(4)53/h11-14,19-20H,15-18,21H2,1-10H3. The van der Waals surface area contributed by atoms with E-state index in [2.05, 4.69) is 9.80 Å². The van der Waals surface area contributed by atoms with E-state index in [4.69, 9.17) is 37.9 Å². The molecular weight excluding hydrogens is 785 g/mol. The molecule has 0 atom stereocenters. The van der Waals surface area contributed by atoms with Gasteiger partial charge in [0.2, 0.25) is 11.5 Å². The van der Waals surface area contributed by atoms with Crippen molar-refractivity contribution < 1.29 is 57.1 Å². The zero-order valence-electron chi connectivity index (χ0n) is 35.8. The molecule has 14 nitrogen and oxygen atoms in total. The number of methoxy groups -OCH3 is 4. The summed E-state index contributed by atoms with van der Waals surface area (Å²) < 4.78 is 47.4. The van der Waals surface area contributed by atoms with E-state index in [0.717, 1.165) is 65.9 Å². The first-order chi connectivity index (χ1) is 29.2. The van der Waals surface area contributed by atoms with Crippen LogP contribution in [0.25, 0.3) is 43.1 Å². The van der Waals surface area contributed by atoms with E-state index in [1.54, 1.807) is 26.4 Å². The van der Waals surface area contributed by atoms with Crippen molar-refractivity contribution in [3.63, 3.8) is 0 Å². The number of anilines is 2. The average Bonchev–Trinajstić information content (AvgIpc) is 3.20. The summed E-state index contributed by atoms with van der Waals surface area (Å²) in [6.45, 7) is 6.55. The number of rotatable bonds is 10. The van der Waals surface area contributed by atoms with E-state index in [1.807, 2.05) is 38.4 Å². The molecule has 0 saturated heterocycles. The summed E-state index contributed by atoms with van der Waals surface area (Å²) in [7, 11) is 10.2. The van der Waals surface area contributed by atoms with Crippen LogP contribution in [-0.4, -0.2) is 79.5 Å². The van der Waals surface area contributed by atoms with Crippen LogP contribution >= 0.6 is 0 Å². The van der Waals surface area contributed by atoms with Crippen LogP contribution in [0.3, 0.4) is 0 Å². The molecular formula is C47H46N2O12. The monoisotopic (exact) mass is 830 g/mol. The molecule has 2 heterocycles. The zero-order chi connectivity index (χ0) is 43.6. The average molecular weight is 831 g/mol. The molecule has 0 fully saturated rings. The molecule has 0 N–H and O–H groups in total. The minimum absolute atomic E-state index is 0.182. The fourth-order valence-electron chi connectivity index (χ4n) is 9.43. The number of carbonyl (C=O) groups excluding carboxylic acids is 4. The number of hydrogen-bond donors (Lipinski definition) is 0. The summed E-state index contributed by atoms with van der Waals surface area (Å²) in [4.78, 5) is 54.3. The molecule has 0 aliphatic carbocycles. The summed E-state index contributed by atoms with van der Waals surface area (Å²) in [5, 5.41) is 6.18. The molecule has 2 aliphatic rings. The third-order valence-corrected chi connectivity index (χ3v) is 11.5. The molecule has 0 saturated carbocycles. The molecule has 316 valence electrons. The van der Waals surface area contributed by atoms with Crippen LogP contribution in [0.4, 0.5) is 11.4 Å². The van der Waals surface area contributed by atoms with Crippen LogP contribution in [0.15, 0.2) is 36.4 Å². The van der Waals surface area contributed by atoms with Gasteiger partial charge in [0, 0.05) is 105 Å². The molecule has 0 aromatic heterocycles. The fourth-order valence-corrected chi connectivity index (χ4v) is 9.43.